The highest BCUT2D eigenvalue weighted by atomic mass is 19.1. The van der Waals surface area contributed by atoms with Crippen molar-refractivity contribution in [2.75, 3.05) is 18.4 Å². The van der Waals surface area contributed by atoms with Crippen molar-refractivity contribution in [3.63, 3.8) is 0 Å². The lowest BCUT2D eigenvalue weighted by molar-refractivity contribution is -0.156. The summed E-state index contributed by atoms with van der Waals surface area (Å²) in [6.45, 7) is 2.74. The number of benzene rings is 1. The predicted octanol–water partition coefficient (Wildman–Crippen LogP) is 1.23. The first kappa shape index (κ1) is 16.8. The minimum atomic E-state index is -0.488. The maximum Gasteiger partial charge on any atom is 0.319 e. The Bertz CT molecular complexity index is 754. The molecule has 0 saturated carbocycles. The molecule has 4 rings (SSSR count). The van der Waals surface area contributed by atoms with Crippen molar-refractivity contribution in [3.05, 3.63) is 29.6 Å². The summed E-state index contributed by atoms with van der Waals surface area (Å²) in [4.78, 5) is 40.7. The minimum Gasteiger partial charge on any atom is -0.333 e. The normalized spacial score (nSPS) is 27.4. The van der Waals surface area contributed by atoms with Crippen molar-refractivity contribution in [3.8, 4) is 0 Å². The molecular weight excluding hydrogens is 339 g/mol. The van der Waals surface area contributed by atoms with Crippen molar-refractivity contribution >= 4 is 23.5 Å². The lowest BCUT2D eigenvalue weighted by Crippen LogP contribution is -2.60. The highest BCUT2D eigenvalue weighted by molar-refractivity contribution is 5.98. The summed E-state index contributed by atoms with van der Waals surface area (Å²) < 4.78 is 13.3. The first-order valence-electron chi connectivity index (χ1n) is 8.88. The van der Waals surface area contributed by atoms with Gasteiger partial charge in [0.15, 0.2) is 0 Å². The topological polar surface area (TPSA) is 81.8 Å². The van der Waals surface area contributed by atoms with Gasteiger partial charge in [0.1, 0.15) is 17.9 Å². The van der Waals surface area contributed by atoms with E-state index in [-0.39, 0.29) is 23.9 Å². The van der Waals surface area contributed by atoms with E-state index < -0.39 is 17.9 Å². The zero-order valence-corrected chi connectivity index (χ0v) is 14.5. The molecule has 0 radical (unpaired) electrons. The van der Waals surface area contributed by atoms with Crippen LogP contribution in [0.25, 0.3) is 0 Å². The molecule has 3 heterocycles. The molecule has 3 fully saturated rings. The van der Waals surface area contributed by atoms with Crippen LogP contribution in [0.5, 0.6) is 0 Å². The highest BCUT2D eigenvalue weighted by Gasteiger charge is 2.51. The number of hydrogen-bond donors (Lipinski definition) is 2. The van der Waals surface area contributed by atoms with Gasteiger partial charge in [-0.25, -0.2) is 9.18 Å². The van der Waals surface area contributed by atoms with Crippen LogP contribution in [0.4, 0.5) is 14.9 Å². The summed E-state index contributed by atoms with van der Waals surface area (Å²) in [5.74, 6) is -0.462. The lowest BCUT2D eigenvalue weighted by atomic mass is 10.1. The number of aryl methyl sites for hydroxylation is 1. The molecule has 0 unspecified atom stereocenters. The summed E-state index contributed by atoms with van der Waals surface area (Å²) in [7, 11) is 0. The van der Waals surface area contributed by atoms with Crippen molar-refractivity contribution in [1.29, 1.82) is 0 Å². The van der Waals surface area contributed by atoms with E-state index in [1.165, 1.54) is 12.1 Å². The van der Waals surface area contributed by atoms with Gasteiger partial charge in [0.25, 0.3) is 0 Å². The zero-order valence-electron chi connectivity index (χ0n) is 14.5. The number of piperazine rings is 1. The maximum absolute atomic E-state index is 13.3. The van der Waals surface area contributed by atoms with E-state index >= 15 is 0 Å². The molecule has 0 bridgehead atoms. The van der Waals surface area contributed by atoms with E-state index in [0.29, 0.717) is 31.6 Å². The predicted molar refractivity (Wildman–Crippen MR) is 91.9 cm³/mol. The van der Waals surface area contributed by atoms with Crippen LogP contribution in [0, 0.1) is 12.7 Å². The Morgan fingerprint density at radius 2 is 1.96 bits per heavy atom. The quantitative estimate of drug-likeness (QED) is 0.832. The molecule has 4 amide bonds. The Morgan fingerprint density at radius 3 is 2.77 bits per heavy atom. The van der Waals surface area contributed by atoms with Crippen LogP contribution in [0.1, 0.15) is 24.8 Å². The van der Waals surface area contributed by atoms with Gasteiger partial charge in [-0.2, -0.15) is 0 Å². The Kier molecular flexibility index (Phi) is 4.05. The SMILES string of the molecule is Cc1ccc(F)cc1NC(=O)N[C@H]1C[C@H]2C(=O)N3CCC[C@H]3C(=O)N2C1. The second-order valence-corrected chi connectivity index (χ2v) is 7.19. The number of nitrogens with zero attached hydrogens (tertiary/aromatic N) is 2. The van der Waals surface area contributed by atoms with E-state index in [2.05, 4.69) is 10.6 Å². The molecule has 3 aliphatic heterocycles. The second-order valence-electron chi connectivity index (χ2n) is 7.19. The molecule has 0 aliphatic carbocycles. The molecule has 3 atom stereocenters. The number of halogens is 1. The first-order chi connectivity index (χ1) is 12.4. The number of anilines is 1. The molecule has 8 heteroatoms. The maximum atomic E-state index is 13.3. The molecule has 138 valence electrons. The van der Waals surface area contributed by atoms with E-state index in [4.69, 9.17) is 0 Å². The fourth-order valence-electron chi connectivity index (χ4n) is 4.16. The van der Waals surface area contributed by atoms with Crippen LogP contribution in [0.3, 0.4) is 0 Å². The summed E-state index contributed by atoms with van der Waals surface area (Å²) in [5, 5.41) is 5.43. The fraction of sp³-hybridized carbons (Fsp3) is 0.500. The van der Waals surface area contributed by atoms with Crippen LogP contribution in [0.15, 0.2) is 18.2 Å². The van der Waals surface area contributed by atoms with E-state index in [1.54, 1.807) is 22.8 Å². The number of urea groups is 1. The number of hydrogen-bond acceptors (Lipinski definition) is 3. The Balaban J connectivity index is 1.41. The summed E-state index contributed by atoms with van der Waals surface area (Å²) in [6.07, 6.45) is 1.98. The van der Waals surface area contributed by atoms with Gasteiger partial charge < -0.3 is 20.4 Å². The molecule has 1 aromatic rings. The van der Waals surface area contributed by atoms with Gasteiger partial charge in [-0.1, -0.05) is 6.07 Å². The largest absolute Gasteiger partial charge is 0.333 e. The third-order valence-electron chi connectivity index (χ3n) is 5.47. The fourth-order valence-corrected chi connectivity index (χ4v) is 4.16. The molecular formula is C18H21FN4O3. The molecule has 0 aromatic heterocycles. The van der Waals surface area contributed by atoms with Gasteiger partial charge in [0.2, 0.25) is 11.8 Å². The minimum absolute atomic E-state index is 0.0159. The monoisotopic (exact) mass is 360 g/mol. The number of carbonyl (C=O) groups excluding carboxylic acids is 3. The first-order valence-corrected chi connectivity index (χ1v) is 8.88. The zero-order chi connectivity index (χ0) is 18.4. The van der Waals surface area contributed by atoms with Gasteiger partial charge in [-0.15, -0.1) is 0 Å². The number of amides is 4. The smallest absolute Gasteiger partial charge is 0.319 e. The van der Waals surface area contributed by atoms with Gasteiger partial charge >= 0.3 is 6.03 Å². The van der Waals surface area contributed by atoms with Crippen LogP contribution in [-0.4, -0.2) is 58.9 Å². The second kappa shape index (κ2) is 6.26. The van der Waals surface area contributed by atoms with E-state index in [0.717, 1.165) is 12.0 Å². The molecule has 3 saturated heterocycles. The number of rotatable bonds is 2. The summed E-state index contributed by atoms with van der Waals surface area (Å²) in [5.41, 5.74) is 1.14. The Morgan fingerprint density at radius 1 is 1.19 bits per heavy atom. The average Bonchev–Trinajstić information content (AvgIpc) is 3.23. The molecule has 2 N–H and O–H groups in total. The van der Waals surface area contributed by atoms with Gasteiger partial charge in [0, 0.05) is 18.8 Å². The van der Waals surface area contributed by atoms with Crippen LogP contribution >= 0.6 is 0 Å². The lowest BCUT2D eigenvalue weighted by Gasteiger charge is -2.38. The molecule has 1 aromatic carbocycles. The van der Waals surface area contributed by atoms with Crippen molar-refractivity contribution in [1.82, 2.24) is 15.1 Å². The van der Waals surface area contributed by atoms with Crippen molar-refractivity contribution < 1.29 is 18.8 Å². The number of carbonyl (C=O) groups is 3. The van der Waals surface area contributed by atoms with Crippen LogP contribution < -0.4 is 10.6 Å². The highest BCUT2D eigenvalue weighted by Crippen LogP contribution is 2.32. The van der Waals surface area contributed by atoms with E-state index in [1.807, 2.05) is 0 Å². The number of nitrogens with one attached hydrogen (secondary N) is 2. The Labute approximate surface area is 150 Å². The third kappa shape index (κ3) is 2.79. The van der Waals surface area contributed by atoms with Crippen molar-refractivity contribution in [2.45, 2.75) is 44.3 Å². The third-order valence-corrected chi connectivity index (χ3v) is 5.47. The standard InChI is InChI=1S/C18H21FN4O3/c1-10-4-5-11(19)7-13(10)21-18(26)20-12-8-15-17(25)22-6-2-3-14(22)16(24)23(15)9-12/h4-5,7,12,14-15H,2-3,6,8-9H2,1H3,(H2,20,21,26)/t12-,14-,15-/m0/s1. The molecule has 26 heavy (non-hydrogen) atoms. The average molecular weight is 360 g/mol. The summed E-state index contributed by atoms with van der Waals surface area (Å²) in [6, 6.07) is 2.58. The molecule has 0 spiro atoms. The van der Waals surface area contributed by atoms with Gasteiger partial charge in [-0.05, 0) is 43.9 Å². The molecule has 7 nitrogen and oxygen atoms in total. The van der Waals surface area contributed by atoms with E-state index in [9.17, 15) is 18.8 Å². The van der Waals surface area contributed by atoms with Crippen LogP contribution in [0.2, 0.25) is 0 Å². The van der Waals surface area contributed by atoms with Crippen LogP contribution in [-0.2, 0) is 9.59 Å². The van der Waals surface area contributed by atoms with Crippen molar-refractivity contribution in [2.24, 2.45) is 0 Å². The molecule has 3 aliphatic rings. The Hall–Kier alpha value is -2.64. The van der Waals surface area contributed by atoms with Gasteiger partial charge in [0.05, 0.1) is 6.04 Å². The number of fused-ring (bicyclic) bond motifs is 2. The van der Waals surface area contributed by atoms with Gasteiger partial charge in [-0.3, -0.25) is 9.59 Å². The summed E-state index contributed by atoms with van der Waals surface area (Å²) >= 11 is 0.